The van der Waals surface area contributed by atoms with Gasteiger partial charge in [-0.3, -0.25) is 9.10 Å². The third-order valence-corrected chi connectivity index (χ3v) is 5.80. The van der Waals surface area contributed by atoms with Crippen LogP contribution in [0.3, 0.4) is 0 Å². The Balaban J connectivity index is 1.91. The third kappa shape index (κ3) is 6.94. The molecule has 0 aliphatic rings. The Morgan fingerprint density at radius 1 is 1.14 bits per heavy atom. The van der Waals surface area contributed by atoms with Gasteiger partial charge in [-0.2, -0.15) is 0 Å². The minimum atomic E-state index is -3.66. The van der Waals surface area contributed by atoms with Crippen molar-refractivity contribution in [3.05, 3.63) is 59.1 Å². The molecule has 2 rings (SSSR count). The highest BCUT2D eigenvalue weighted by Crippen LogP contribution is 2.23. The first-order chi connectivity index (χ1) is 13.7. The van der Waals surface area contributed by atoms with E-state index in [9.17, 15) is 13.2 Å². The number of carbonyl (C=O) groups is 1. The van der Waals surface area contributed by atoms with Gasteiger partial charge >= 0.3 is 0 Å². The molecule has 1 amide bonds. The van der Waals surface area contributed by atoms with Crippen LogP contribution in [0.25, 0.3) is 0 Å². The maximum atomic E-state index is 12.5. The lowest BCUT2D eigenvalue weighted by Crippen LogP contribution is -2.48. The molecule has 1 atom stereocenters. The first kappa shape index (κ1) is 23.0. The standard InChI is InChI=1S/C21H27ClN2O4S/c1-4-5-17-6-12-20(13-7-17)28-15-14-23-21(25)16(2)24(29(3,26)27)19-10-8-18(22)9-11-19/h6-13,16H,4-5,14-15H2,1-3H3,(H,23,25). The van der Waals surface area contributed by atoms with Gasteiger partial charge in [0.2, 0.25) is 15.9 Å². The number of hydrogen-bond donors (Lipinski definition) is 1. The molecule has 1 N–H and O–H groups in total. The zero-order valence-corrected chi connectivity index (χ0v) is 18.5. The molecular weight excluding hydrogens is 412 g/mol. The average Bonchev–Trinajstić information content (AvgIpc) is 2.67. The number of amides is 1. The number of benzene rings is 2. The molecule has 0 aromatic heterocycles. The summed E-state index contributed by atoms with van der Waals surface area (Å²) in [6.07, 6.45) is 3.18. The number of halogens is 1. The molecule has 0 radical (unpaired) electrons. The van der Waals surface area contributed by atoms with Crippen LogP contribution in [0, 0.1) is 0 Å². The summed E-state index contributed by atoms with van der Waals surface area (Å²) in [4.78, 5) is 12.5. The summed E-state index contributed by atoms with van der Waals surface area (Å²) >= 11 is 5.87. The zero-order chi connectivity index (χ0) is 21.4. The molecule has 0 saturated heterocycles. The lowest BCUT2D eigenvalue weighted by atomic mass is 10.1. The summed E-state index contributed by atoms with van der Waals surface area (Å²) in [5, 5.41) is 3.21. The monoisotopic (exact) mass is 438 g/mol. The Kier molecular flexibility index (Phi) is 8.34. The predicted octanol–water partition coefficient (Wildman–Crippen LogP) is 3.64. The van der Waals surface area contributed by atoms with Gasteiger partial charge in [0, 0.05) is 5.02 Å². The van der Waals surface area contributed by atoms with Crippen molar-refractivity contribution in [2.45, 2.75) is 32.7 Å². The number of ether oxygens (including phenoxy) is 1. The van der Waals surface area contributed by atoms with Crippen LogP contribution in [0.1, 0.15) is 25.8 Å². The second-order valence-electron chi connectivity index (χ2n) is 6.74. The van der Waals surface area contributed by atoms with E-state index >= 15 is 0 Å². The fourth-order valence-electron chi connectivity index (χ4n) is 2.93. The first-order valence-electron chi connectivity index (χ1n) is 9.46. The molecule has 2 aromatic carbocycles. The highest BCUT2D eigenvalue weighted by atomic mass is 35.5. The van der Waals surface area contributed by atoms with E-state index in [2.05, 4.69) is 12.2 Å². The largest absolute Gasteiger partial charge is 0.492 e. The number of nitrogens with one attached hydrogen (secondary N) is 1. The molecule has 0 aliphatic carbocycles. The van der Waals surface area contributed by atoms with Gasteiger partial charge in [-0.1, -0.05) is 37.1 Å². The Hall–Kier alpha value is -2.25. The second kappa shape index (κ2) is 10.5. The number of rotatable bonds is 10. The molecule has 2 aromatic rings. The Morgan fingerprint density at radius 3 is 2.31 bits per heavy atom. The fourth-order valence-corrected chi connectivity index (χ4v) is 4.23. The molecule has 0 saturated carbocycles. The number of carbonyl (C=O) groups excluding carboxylic acids is 1. The van der Waals surface area contributed by atoms with Crippen LogP contribution in [0.5, 0.6) is 5.75 Å². The molecule has 0 fully saturated rings. The van der Waals surface area contributed by atoms with Gasteiger partial charge in [0.1, 0.15) is 18.4 Å². The minimum absolute atomic E-state index is 0.262. The van der Waals surface area contributed by atoms with Gasteiger partial charge in [-0.15, -0.1) is 0 Å². The van der Waals surface area contributed by atoms with Crippen molar-refractivity contribution in [3.8, 4) is 5.75 Å². The quantitative estimate of drug-likeness (QED) is 0.574. The fraction of sp³-hybridized carbons (Fsp3) is 0.381. The Labute approximate surface area is 177 Å². The molecule has 29 heavy (non-hydrogen) atoms. The number of hydrogen-bond acceptors (Lipinski definition) is 4. The maximum absolute atomic E-state index is 12.5. The van der Waals surface area contributed by atoms with Crippen molar-refractivity contribution in [2.24, 2.45) is 0 Å². The van der Waals surface area contributed by atoms with Crippen molar-refractivity contribution in [3.63, 3.8) is 0 Å². The van der Waals surface area contributed by atoms with E-state index in [1.165, 1.54) is 12.5 Å². The molecular formula is C21H27ClN2O4S. The molecule has 0 aliphatic heterocycles. The van der Waals surface area contributed by atoms with Crippen molar-refractivity contribution < 1.29 is 17.9 Å². The lowest BCUT2D eigenvalue weighted by molar-refractivity contribution is -0.121. The van der Waals surface area contributed by atoms with Crippen LogP contribution in [-0.4, -0.2) is 39.8 Å². The smallest absolute Gasteiger partial charge is 0.243 e. The highest BCUT2D eigenvalue weighted by molar-refractivity contribution is 7.92. The molecule has 0 spiro atoms. The lowest BCUT2D eigenvalue weighted by Gasteiger charge is -2.28. The summed E-state index contributed by atoms with van der Waals surface area (Å²) in [6, 6.07) is 13.2. The summed E-state index contributed by atoms with van der Waals surface area (Å²) < 4.78 is 31.2. The molecule has 0 heterocycles. The van der Waals surface area contributed by atoms with E-state index in [1.807, 2.05) is 24.3 Å². The first-order valence-corrected chi connectivity index (χ1v) is 11.7. The van der Waals surface area contributed by atoms with E-state index in [1.54, 1.807) is 24.3 Å². The highest BCUT2D eigenvalue weighted by Gasteiger charge is 2.28. The summed E-state index contributed by atoms with van der Waals surface area (Å²) in [6.45, 7) is 4.22. The van der Waals surface area contributed by atoms with Gasteiger partial charge in [0.25, 0.3) is 0 Å². The van der Waals surface area contributed by atoms with Gasteiger partial charge in [0.15, 0.2) is 0 Å². The number of sulfonamides is 1. The van der Waals surface area contributed by atoms with Gasteiger partial charge in [-0.25, -0.2) is 8.42 Å². The van der Waals surface area contributed by atoms with Gasteiger partial charge in [0.05, 0.1) is 18.5 Å². The van der Waals surface area contributed by atoms with E-state index in [0.29, 0.717) is 10.7 Å². The second-order valence-corrected chi connectivity index (χ2v) is 9.04. The summed E-state index contributed by atoms with van der Waals surface area (Å²) in [5.74, 6) is 0.318. The number of nitrogens with zero attached hydrogens (tertiary/aromatic N) is 1. The molecule has 1 unspecified atom stereocenters. The SMILES string of the molecule is CCCc1ccc(OCCNC(=O)C(C)N(c2ccc(Cl)cc2)S(C)(=O)=O)cc1. The van der Waals surface area contributed by atoms with Crippen LogP contribution >= 0.6 is 11.6 Å². The van der Waals surface area contributed by atoms with E-state index in [-0.39, 0.29) is 13.2 Å². The van der Waals surface area contributed by atoms with E-state index in [4.69, 9.17) is 16.3 Å². The van der Waals surface area contributed by atoms with Gasteiger partial charge < -0.3 is 10.1 Å². The third-order valence-electron chi connectivity index (χ3n) is 4.30. The van der Waals surface area contributed by atoms with Crippen molar-refractivity contribution in [1.29, 1.82) is 0 Å². The van der Waals surface area contributed by atoms with Crippen molar-refractivity contribution >= 4 is 33.2 Å². The Bertz CT molecular complexity index is 899. The van der Waals surface area contributed by atoms with E-state index in [0.717, 1.165) is 29.2 Å². The van der Waals surface area contributed by atoms with Crippen LogP contribution in [0.2, 0.25) is 5.02 Å². The number of aryl methyl sites for hydroxylation is 1. The van der Waals surface area contributed by atoms with Crippen LogP contribution in [0.15, 0.2) is 48.5 Å². The van der Waals surface area contributed by atoms with Crippen LogP contribution in [0.4, 0.5) is 5.69 Å². The van der Waals surface area contributed by atoms with E-state index < -0.39 is 22.0 Å². The molecule has 158 valence electrons. The number of anilines is 1. The topological polar surface area (TPSA) is 75.7 Å². The molecule has 0 bridgehead atoms. The normalized spacial score (nSPS) is 12.3. The van der Waals surface area contributed by atoms with Crippen LogP contribution < -0.4 is 14.4 Å². The predicted molar refractivity (Wildman–Crippen MR) is 117 cm³/mol. The maximum Gasteiger partial charge on any atom is 0.243 e. The average molecular weight is 439 g/mol. The summed E-state index contributed by atoms with van der Waals surface area (Å²) in [7, 11) is -3.66. The molecule has 6 nitrogen and oxygen atoms in total. The van der Waals surface area contributed by atoms with Crippen molar-refractivity contribution in [2.75, 3.05) is 23.7 Å². The minimum Gasteiger partial charge on any atom is -0.492 e. The van der Waals surface area contributed by atoms with Gasteiger partial charge in [-0.05, 0) is 55.3 Å². The van der Waals surface area contributed by atoms with Crippen LogP contribution in [-0.2, 0) is 21.2 Å². The Morgan fingerprint density at radius 2 is 1.76 bits per heavy atom. The van der Waals surface area contributed by atoms with Crippen molar-refractivity contribution in [1.82, 2.24) is 5.32 Å². The zero-order valence-electron chi connectivity index (χ0n) is 16.9. The molecule has 8 heteroatoms. The summed E-state index contributed by atoms with van der Waals surface area (Å²) in [5.41, 5.74) is 1.63.